The van der Waals surface area contributed by atoms with Gasteiger partial charge in [-0.25, -0.2) is 0 Å². The van der Waals surface area contributed by atoms with Crippen molar-refractivity contribution in [3.63, 3.8) is 0 Å². The van der Waals surface area contributed by atoms with Crippen molar-refractivity contribution in [2.45, 2.75) is 26.2 Å². The van der Waals surface area contributed by atoms with Crippen molar-refractivity contribution in [2.24, 2.45) is 0 Å². The number of rotatable bonds is 9. The van der Waals surface area contributed by atoms with E-state index in [4.69, 9.17) is 28.6 Å². The molecule has 3 rings (SSSR count). The van der Waals surface area contributed by atoms with Crippen LogP contribution in [0, 0.1) is 0 Å². The van der Waals surface area contributed by atoms with E-state index in [1.807, 2.05) is 43.3 Å². The number of anilines is 2. The summed E-state index contributed by atoms with van der Waals surface area (Å²) >= 11 is 11.6. The summed E-state index contributed by atoms with van der Waals surface area (Å²) in [4.78, 5) is 24.7. The molecule has 0 saturated heterocycles. The third kappa shape index (κ3) is 7.57. The van der Waals surface area contributed by atoms with Crippen LogP contribution in [0.1, 0.15) is 35.7 Å². The van der Waals surface area contributed by atoms with Crippen molar-refractivity contribution in [1.29, 1.82) is 0 Å². The van der Waals surface area contributed by atoms with Gasteiger partial charge >= 0.3 is 0 Å². The number of carbonyl (C=O) groups is 2. The lowest BCUT2D eigenvalue weighted by molar-refractivity contribution is -0.116. The fourth-order valence-corrected chi connectivity index (χ4v) is 3.54. The largest absolute Gasteiger partial charge is 0.492 e. The van der Waals surface area contributed by atoms with E-state index in [1.54, 1.807) is 36.4 Å². The van der Waals surface area contributed by atoms with E-state index < -0.39 is 5.91 Å². The highest BCUT2D eigenvalue weighted by Crippen LogP contribution is 2.26. The maximum atomic E-state index is 12.9. The van der Waals surface area contributed by atoms with Gasteiger partial charge in [0.2, 0.25) is 5.91 Å². The van der Waals surface area contributed by atoms with Crippen LogP contribution in [0.3, 0.4) is 0 Å². The molecule has 0 aliphatic carbocycles. The Kier molecular flexibility index (Phi) is 9.43. The van der Waals surface area contributed by atoms with Crippen LogP contribution in [0.25, 0.3) is 0 Å². The summed E-state index contributed by atoms with van der Waals surface area (Å²) in [5.74, 6) is -0.0238. The second-order valence-electron chi connectivity index (χ2n) is 7.48. The van der Waals surface area contributed by atoms with Crippen molar-refractivity contribution in [3.05, 3.63) is 88.9 Å². The van der Waals surface area contributed by atoms with Crippen LogP contribution in [0.2, 0.25) is 5.02 Å². The molecule has 0 unspecified atom stereocenters. The monoisotopic (exact) mass is 495 g/mol. The molecule has 0 saturated carbocycles. The number of amides is 2. The zero-order chi connectivity index (χ0) is 24.3. The normalized spacial score (nSPS) is 10.3. The van der Waals surface area contributed by atoms with Gasteiger partial charge in [-0.2, -0.15) is 0 Å². The molecule has 0 aromatic heterocycles. The minimum absolute atomic E-state index is 0.0722. The minimum Gasteiger partial charge on any atom is -0.492 e. The molecule has 0 heterocycles. The topological polar surface area (TPSA) is 79.5 Å². The second-order valence-corrected chi connectivity index (χ2v) is 8.30. The summed E-state index contributed by atoms with van der Waals surface area (Å²) in [7, 11) is 0. The Morgan fingerprint density at radius 2 is 1.71 bits per heavy atom. The van der Waals surface area contributed by atoms with E-state index in [0.29, 0.717) is 40.7 Å². The minimum atomic E-state index is -0.406. The SMILES string of the molecule is CCCC(=O)Nc1ccc(Cl)c(NC(=S)NC(=O)c2ccccc2OCCc2ccccc2)c1. The van der Waals surface area contributed by atoms with Gasteiger partial charge in [-0.15, -0.1) is 0 Å². The zero-order valence-electron chi connectivity index (χ0n) is 18.8. The van der Waals surface area contributed by atoms with Gasteiger partial charge in [0.1, 0.15) is 5.75 Å². The molecular formula is C26H26ClN3O3S. The Morgan fingerprint density at radius 1 is 0.971 bits per heavy atom. The van der Waals surface area contributed by atoms with Gasteiger partial charge in [-0.1, -0.05) is 61.0 Å². The van der Waals surface area contributed by atoms with Crippen molar-refractivity contribution in [2.75, 3.05) is 17.2 Å². The molecule has 8 heteroatoms. The summed E-state index contributed by atoms with van der Waals surface area (Å²) in [5.41, 5.74) is 2.57. The lowest BCUT2D eigenvalue weighted by atomic mass is 10.1. The van der Waals surface area contributed by atoms with Crippen LogP contribution >= 0.6 is 23.8 Å². The molecule has 0 atom stereocenters. The molecule has 34 heavy (non-hydrogen) atoms. The van der Waals surface area contributed by atoms with Crippen LogP contribution in [0.15, 0.2) is 72.8 Å². The summed E-state index contributed by atoms with van der Waals surface area (Å²) < 4.78 is 5.87. The average molecular weight is 496 g/mol. The van der Waals surface area contributed by atoms with Crippen LogP contribution < -0.4 is 20.7 Å². The first-order valence-electron chi connectivity index (χ1n) is 10.9. The van der Waals surface area contributed by atoms with Crippen molar-refractivity contribution >= 4 is 52.1 Å². The first kappa shape index (κ1) is 25.2. The molecule has 6 nitrogen and oxygen atoms in total. The van der Waals surface area contributed by atoms with Crippen LogP contribution in [-0.2, 0) is 11.2 Å². The lowest BCUT2D eigenvalue weighted by Gasteiger charge is -2.14. The van der Waals surface area contributed by atoms with E-state index in [-0.39, 0.29) is 11.0 Å². The van der Waals surface area contributed by atoms with E-state index >= 15 is 0 Å². The third-order valence-electron chi connectivity index (χ3n) is 4.83. The standard InChI is InChI=1S/C26H26ClN3O3S/c1-2-8-24(31)28-19-13-14-21(27)22(17-19)29-26(34)30-25(32)20-11-6-7-12-23(20)33-16-15-18-9-4-3-5-10-18/h3-7,9-14,17H,2,8,15-16H2,1H3,(H,28,31)(H2,29,30,32,34). The summed E-state index contributed by atoms with van der Waals surface area (Å²) in [6.45, 7) is 2.37. The van der Waals surface area contributed by atoms with Crippen LogP contribution in [0.4, 0.5) is 11.4 Å². The van der Waals surface area contributed by atoms with Crippen LogP contribution in [0.5, 0.6) is 5.75 Å². The number of hydrogen-bond donors (Lipinski definition) is 3. The molecule has 0 spiro atoms. The maximum absolute atomic E-state index is 12.9. The average Bonchev–Trinajstić information content (AvgIpc) is 2.82. The fraction of sp³-hybridized carbons (Fsp3) is 0.192. The first-order chi connectivity index (χ1) is 16.5. The van der Waals surface area contributed by atoms with Gasteiger partial charge in [0.05, 0.1) is 22.9 Å². The van der Waals surface area contributed by atoms with Gasteiger partial charge in [0.15, 0.2) is 5.11 Å². The summed E-state index contributed by atoms with van der Waals surface area (Å²) in [6, 6.07) is 22.0. The molecule has 0 bridgehead atoms. The summed E-state index contributed by atoms with van der Waals surface area (Å²) in [5, 5.41) is 8.85. The molecule has 0 aliphatic rings. The Bertz CT molecular complexity index is 1160. The Hall–Kier alpha value is -3.42. The highest BCUT2D eigenvalue weighted by atomic mass is 35.5. The van der Waals surface area contributed by atoms with Crippen LogP contribution in [-0.4, -0.2) is 23.5 Å². The Labute approximate surface area is 209 Å². The van der Waals surface area contributed by atoms with Gasteiger partial charge in [-0.05, 0) is 54.5 Å². The molecule has 3 N–H and O–H groups in total. The highest BCUT2D eigenvalue weighted by molar-refractivity contribution is 7.80. The van der Waals surface area contributed by atoms with Gasteiger partial charge in [0, 0.05) is 18.5 Å². The smallest absolute Gasteiger partial charge is 0.261 e. The van der Waals surface area contributed by atoms with Crippen molar-refractivity contribution < 1.29 is 14.3 Å². The predicted molar refractivity (Wildman–Crippen MR) is 141 cm³/mol. The number of carbonyl (C=O) groups excluding carboxylic acids is 2. The van der Waals surface area contributed by atoms with Gasteiger partial charge in [-0.3, -0.25) is 14.9 Å². The summed E-state index contributed by atoms with van der Waals surface area (Å²) in [6.07, 6.45) is 1.89. The lowest BCUT2D eigenvalue weighted by Crippen LogP contribution is -2.34. The van der Waals surface area contributed by atoms with Crippen molar-refractivity contribution in [1.82, 2.24) is 5.32 Å². The maximum Gasteiger partial charge on any atom is 0.261 e. The number of ether oxygens (including phenoxy) is 1. The van der Waals surface area contributed by atoms with Crippen molar-refractivity contribution in [3.8, 4) is 5.75 Å². The number of nitrogens with one attached hydrogen (secondary N) is 3. The molecule has 3 aromatic carbocycles. The fourth-order valence-electron chi connectivity index (χ4n) is 3.18. The first-order valence-corrected chi connectivity index (χ1v) is 11.7. The van der Waals surface area contributed by atoms with E-state index in [1.165, 1.54) is 0 Å². The number of para-hydroxylation sites is 1. The van der Waals surface area contributed by atoms with Gasteiger partial charge in [0.25, 0.3) is 5.91 Å². The molecule has 3 aromatic rings. The number of hydrogen-bond acceptors (Lipinski definition) is 4. The predicted octanol–water partition coefficient (Wildman–Crippen LogP) is 5.83. The number of halogens is 1. The Morgan fingerprint density at radius 3 is 2.47 bits per heavy atom. The molecule has 0 radical (unpaired) electrons. The number of benzene rings is 3. The third-order valence-corrected chi connectivity index (χ3v) is 5.36. The van der Waals surface area contributed by atoms with Gasteiger partial charge < -0.3 is 15.4 Å². The Balaban J connectivity index is 1.60. The van der Waals surface area contributed by atoms with E-state index in [0.717, 1.165) is 18.4 Å². The van der Waals surface area contributed by atoms with E-state index in [2.05, 4.69) is 16.0 Å². The quantitative estimate of drug-likeness (QED) is 0.326. The number of thiocarbonyl (C=S) groups is 1. The molecule has 0 fully saturated rings. The molecule has 176 valence electrons. The second kappa shape index (κ2) is 12.7. The molecule has 0 aliphatic heterocycles. The molecule has 2 amide bonds. The van der Waals surface area contributed by atoms with E-state index in [9.17, 15) is 9.59 Å². The highest BCUT2D eigenvalue weighted by Gasteiger charge is 2.15. The zero-order valence-corrected chi connectivity index (χ0v) is 20.3. The molecular weight excluding hydrogens is 470 g/mol.